The second-order valence-corrected chi connectivity index (χ2v) is 4.00. The summed E-state index contributed by atoms with van der Waals surface area (Å²) in [7, 11) is 0. The Balaban J connectivity index is 2.20. The number of nitrogens with one attached hydrogen (secondary N) is 1. The molecule has 0 aliphatic heterocycles. The highest BCUT2D eigenvalue weighted by Crippen LogP contribution is 2.18. The third-order valence-corrected chi connectivity index (χ3v) is 2.82. The molecule has 2 N–H and O–H groups in total. The number of hydrogen-bond acceptors (Lipinski definition) is 4. The van der Waals surface area contributed by atoms with E-state index in [0.29, 0.717) is 5.15 Å². The maximum atomic E-state index is 9.26. The van der Waals surface area contributed by atoms with Crippen LogP contribution in [-0.4, -0.2) is 22.7 Å². The summed E-state index contributed by atoms with van der Waals surface area (Å²) in [5.41, 5.74) is 0. The van der Waals surface area contributed by atoms with Gasteiger partial charge < -0.3 is 10.4 Å². The van der Waals surface area contributed by atoms with E-state index in [1.165, 1.54) is 11.3 Å². The average molecular weight is 221 g/mol. The number of aromatic nitrogens is 1. The Bertz CT molecular complexity index is 254. The monoisotopic (exact) mass is 220 g/mol. The summed E-state index contributed by atoms with van der Waals surface area (Å²) < 4.78 is 0. The van der Waals surface area contributed by atoms with Crippen molar-refractivity contribution in [2.75, 3.05) is 11.9 Å². The fourth-order valence-corrected chi connectivity index (χ4v) is 1.75. The maximum absolute atomic E-state index is 9.26. The molecule has 13 heavy (non-hydrogen) atoms. The molecule has 1 atom stereocenters. The minimum atomic E-state index is -0.220. The lowest BCUT2D eigenvalue weighted by Crippen LogP contribution is -2.11. The molecule has 0 saturated carbocycles. The van der Waals surface area contributed by atoms with Gasteiger partial charge in [-0.15, -0.1) is 11.3 Å². The summed E-state index contributed by atoms with van der Waals surface area (Å²) in [6, 6.07) is 0. The van der Waals surface area contributed by atoms with E-state index < -0.39 is 0 Å². The molecule has 1 rings (SSSR count). The van der Waals surface area contributed by atoms with Gasteiger partial charge in [-0.2, -0.15) is 0 Å². The van der Waals surface area contributed by atoms with Gasteiger partial charge in [0, 0.05) is 11.9 Å². The van der Waals surface area contributed by atoms with Gasteiger partial charge in [-0.1, -0.05) is 18.5 Å². The minimum absolute atomic E-state index is 0.220. The summed E-state index contributed by atoms with van der Waals surface area (Å²) in [6.07, 6.45) is 1.32. The molecule has 0 aromatic carbocycles. The lowest BCUT2D eigenvalue weighted by molar-refractivity contribution is 0.164. The number of anilines is 1. The Hall–Kier alpha value is -0.320. The van der Waals surface area contributed by atoms with E-state index >= 15 is 0 Å². The van der Waals surface area contributed by atoms with E-state index in [2.05, 4.69) is 10.3 Å². The quantitative estimate of drug-likeness (QED) is 0.801. The van der Waals surface area contributed by atoms with Gasteiger partial charge >= 0.3 is 0 Å². The van der Waals surface area contributed by atoms with Crippen molar-refractivity contribution in [2.24, 2.45) is 0 Å². The maximum Gasteiger partial charge on any atom is 0.184 e. The molecule has 0 fully saturated rings. The molecular formula is C8H13ClN2OS. The van der Waals surface area contributed by atoms with E-state index in [1.807, 2.05) is 6.92 Å². The van der Waals surface area contributed by atoms with Crippen molar-refractivity contribution in [3.63, 3.8) is 0 Å². The van der Waals surface area contributed by atoms with Crippen LogP contribution in [0.2, 0.25) is 5.15 Å². The first-order chi connectivity index (χ1) is 6.22. The minimum Gasteiger partial charge on any atom is -0.393 e. The normalized spacial score (nSPS) is 12.8. The summed E-state index contributed by atoms with van der Waals surface area (Å²) in [6.45, 7) is 2.70. The number of nitrogens with zero attached hydrogens (tertiary/aromatic N) is 1. The van der Waals surface area contributed by atoms with Crippen LogP contribution in [0.1, 0.15) is 19.8 Å². The Morgan fingerprint density at radius 2 is 2.54 bits per heavy atom. The Labute approximate surface area is 86.8 Å². The molecule has 0 aliphatic carbocycles. The first-order valence-electron chi connectivity index (χ1n) is 4.25. The predicted octanol–water partition coefficient (Wildman–Crippen LogP) is 2.37. The van der Waals surface area contributed by atoms with Crippen LogP contribution < -0.4 is 5.32 Å². The molecule has 5 heteroatoms. The fraction of sp³-hybridized carbons (Fsp3) is 0.625. The van der Waals surface area contributed by atoms with E-state index in [1.54, 1.807) is 5.38 Å². The van der Waals surface area contributed by atoms with Gasteiger partial charge in [0.15, 0.2) is 5.13 Å². The molecule has 3 nitrogen and oxygen atoms in total. The number of halogens is 1. The Morgan fingerprint density at radius 1 is 1.77 bits per heavy atom. The van der Waals surface area contributed by atoms with Gasteiger partial charge in [0.1, 0.15) is 5.15 Å². The molecule has 1 heterocycles. The first kappa shape index (κ1) is 10.8. The van der Waals surface area contributed by atoms with Crippen LogP contribution in [0.25, 0.3) is 0 Å². The van der Waals surface area contributed by atoms with Crippen molar-refractivity contribution in [2.45, 2.75) is 25.9 Å². The zero-order chi connectivity index (χ0) is 9.68. The van der Waals surface area contributed by atoms with Gasteiger partial charge in [-0.05, 0) is 12.8 Å². The van der Waals surface area contributed by atoms with Crippen LogP contribution in [0.5, 0.6) is 0 Å². The van der Waals surface area contributed by atoms with E-state index in [-0.39, 0.29) is 6.10 Å². The lowest BCUT2D eigenvalue weighted by atomic mass is 10.2. The molecule has 1 unspecified atom stereocenters. The van der Waals surface area contributed by atoms with E-state index in [4.69, 9.17) is 11.6 Å². The number of aliphatic hydroxyl groups excluding tert-OH is 1. The molecule has 0 amide bonds. The summed E-state index contributed by atoms with van der Waals surface area (Å²) in [5.74, 6) is 0. The first-order valence-corrected chi connectivity index (χ1v) is 5.51. The van der Waals surface area contributed by atoms with Crippen LogP contribution in [-0.2, 0) is 0 Å². The number of hydrogen-bond donors (Lipinski definition) is 2. The standard InChI is InChI=1S/C8H13ClN2OS/c1-2-6(12)3-4-10-8-11-7(9)5-13-8/h5-6,12H,2-4H2,1H3,(H,10,11). The molecule has 0 saturated heterocycles. The van der Waals surface area contributed by atoms with Gasteiger partial charge in [-0.3, -0.25) is 0 Å². The molecule has 1 aromatic heterocycles. The number of aliphatic hydroxyl groups is 1. The predicted molar refractivity (Wildman–Crippen MR) is 56.5 cm³/mol. The van der Waals surface area contributed by atoms with Crippen LogP contribution in [0.4, 0.5) is 5.13 Å². The van der Waals surface area contributed by atoms with Crippen LogP contribution in [0.15, 0.2) is 5.38 Å². The molecular weight excluding hydrogens is 208 g/mol. The number of rotatable bonds is 5. The van der Waals surface area contributed by atoms with Crippen LogP contribution in [0.3, 0.4) is 0 Å². The van der Waals surface area contributed by atoms with Gasteiger partial charge in [0.2, 0.25) is 0 Å². The highest BCUT2D eigenvalue weighted by atomic mass is 35.5. The summed E-state index contributed by atoms with van der Waals surface area (Å²) >= 11 is 7.11. The fourth-order valence-electron chi connectivity index (χ4n) is 0.885. The second kappa shape index (κ2) is 5.42. The van der Waals surface area contributed by atoms with Crippen LogP contribution >= 0.6 is 22.9 Å². The van der Waals surface area contributed by atoms with Crippen molar-refractivity contribution < 1.29 is 5.11 Å². The van der Waals surface area contributed by atoms with Crippen molar-refractivity contribution >= 4 is 28.1 Å². The largest absolute Gasteiger partial charge is 0.393 e. The third kappa shape index (κ3) is 3.93. The smallest absolute Gasteiger partial charge is 0.184 e. The zero-order valence-corrected chi connectivity index (χ0v) is 9.03. The topological polar surface area (TPSA) is 45.1 Å². The number of thiazole rings is 1. The Morgan fingerprint density at radius 3 is 3.08 bits per heavy atom. The van der Waals surface area contributed by atoms with Crippen LogP contribution in [0, 0.1) is 0 Å². The highest BCUT2D eigenvalue weighted by Gasteiger charge is 2.01. The van der Waals surface area contributed by atoms with Gasteiger partial charge in [0.25, 0.3) is 0 Å². The van der Waals surface area contributed by atoms with E-state index in [0.717, 1.165) is 24.5 Å². The molecule has 0 aliphatic rings. The van der Waals surface area contributed by atoms with Crippen molar-refractivity contribution in [1.29, 1.82) is 0 Å². The zero-order valence-electron chi connectivity index (χ0n) is 7.46. The molecule has 0 radical (unpaired) electrons. The van der Waals surface area contributed by atoms with Gasteiger partial charge in [-0.25, -0.2) is 4.98 Å². The highest BCUT2D eigenvalue weighted by molar-refractivity contribution is 7.14. The Kier molecular flexibility index (Phi) is 4.48. The second-order valence-electron chi connectivity index (χ2n) is 2.75. The van der Waals surface area contributed by atoms with Crippen molar-refractivity contribution in [3.05, 3.63) is 10.5 Å². The molecule has 74 valence electrons. The summed E-state index contributed by atoms with van der Waals surface area (Å²) in [5, 5.41) is 15.5. The third-order valence-electron chi connectivity index (χ3n) is 1.70. The van der Waals surface area contributed by atoms with E-state index in [9.17, 15) is 5.11 Å². The molecule has 1 aromatic rings. The van der Waals surface area contributed by atoms with Crippen molar-refractivity contribution in [3.8, 4) is 0 Å². The molecule has 0 bridgehead atoms. The lowest BCUT2D eigenvalue weighted by Gasteiger charge is -2.06. The average Bonchev–Trinajstić information content (AvgIpc) is 2.51. The molecule has 0 spiro atoms. The summed E-state index contributed by atoms with van der Waals surface area (Å²) in [4.78, 5) is 4.02. The SMILES string of the molecule is CCC(O)CCNc1nc(Cl)cs1. The van der Waals surface area contributed by atoms with Crippen molar-refractivity contribution in [1.82, 2.24) is 4.98 Å². The van der Waals surface area contributed by atoms with Gasteiger partial charge in [0.05, 0.1) is 6.10 Å².